The van der Waals surface area contributed by atoms with E-state index in [0.29, 0.717) is 102 Å². The first-order chi connectivity index (χ1) is 41.5. The quantitative estimate of drug-likeness (QED) is 0.0345. The molecule has 2 atom stereocenters. The number of benzene rings is 3. The van der Waals surface area contributed by atoms with Gasteiger partial charge in [-0.25, -0.2) is 44.6 Å². The summed E-state index contributed by atoms with van der Waals surface area (Å²) in [5.41, 5.74) is 14.1. The van der Waals surface area contributed by atoms with Gasteiger partial charge in [-0.2, -0.15) is 0 Å². The van der Waals surface area contributed by atoms with Crippen LogP contribution >= 0.6 is 0 Å². The monoisotopic (exact) mass is 1170 g/mol. The van der Waals surface area contributed by atoms with Crippen molar-refractivity contribution in [1.82, 2.24) is 45.1 Å². The van der Waals surface area contributed by atoms with Crippen LogP contribution in [0.15, 0.2) is 110 Å². The minimum absolute atomic E-state index is 0.131. The lowest BCUT2D eigenvalue weighted by molar-refractivity contribution is -0.0296. The Morgan fingerprint density at radius 1 is 0.547 bits per heavy atom. The molecule has 1 fully saturated rings. The highest BCUT2D eigenvalue weighted by Gasteiger charge is 2.28. The molecule has 0 spiro atoms. The van der Waals surface area contributed by atoms with Crippen molar-refractivity contribution in [2.75, 3.05) is 33.0 Å². The SMILES string of the molecule is C#Cc1ccc(Cc2c(C(=O)NOCC3CC3)c3cccnc3n2C)c(F)c1.C#Cc1ccc(Cc2c(C(=O)NOC[C@@H](O)CO)c3cccnc3n2C)c(F)c1.C#Cc1ccc(Cc2c(C(=O)NOC[C@H](O)CO)c3cccnc3n2C)c(F)c1. The van der Waals surface area contributed by atoms with Gasteiger partial charge in [-0.3, -0.25) is 28.9 Å². The van der Waals surface area contributed by atoms with Gasteiger partial charge in [-0.1, -0.05) is 36.0 Å². The number of rotatable bonds is 20. The van der Waals surface area contributed by atoms with E-state index in [1.807, 2.05) is 17.7 Å². The van der Waals surface area contributed by atoms with E-state index in [2.05, 4.69) is 49.2 Å². The summed E-state index contributed by atoms with van der Waals surface area (Å²) in [6.07, 6.45) is 21.3. The number of hydrogen-bond acceptors (Lipinski definition) is 13. The van der Waals surface area contributed by atoms with Crippen molar-refractivity contribution in [2.24, 2.45) is 27.1 Å². The van der Waals surface area contributed by atoms with E-state index in [4.69, 9.17) is 44.0 Å². The van der Waals surface area contributed by atoms with Gasteiger partial charge in [-0.05, 0) is 108 Å². The fourth-order valence-corrected chi connectivity index (χ4v) is 9.37. The predicted molar refractivity (Wildman–Crippen MR) is 313 cm³/mol. The maximum Gasteiger partial charge on any atom is 0.277 e. The van der Waals surface area contributed by atoms with Crippen LogP contribution in [0.3, 0.4) is 0 Å². The Bertz CT molecular complexity index is 3920. The molecule has 9 aromatic rings. The molecule has 0 aliphatic heterocycles. The first kappa shape index (κ1) is 62.4. The third-order valence-electron chi connectivity index (χ3n) is 14.1. The second kappa shape index (κ2) is 28.7. The van der Waals surface area contributed by atoms with Crippen LogP contribution < -0.4 is 16.4 Å². The Hall–Kier alpha value is -9.67. The Morgan fingerprint density at radius 3 is 1.14 bits per heavy atom. The van der Waals surface area contributed by atoms with E-state index in [1.165, 1.54) is 18.2 Å². The summed E-state index contributed by atoms with van der Waals surface area (Å²) < 4.78 is 48.7. The molecule has 1 saturated carbocycles. The van der Waals surface area contributed by atoms with Gasteiger partial charge in [0, 0.05) is 109 Å². The number of hydrogen-bond donors (Lipinski definition) is 7. The molecule has 19 nitrogen and oxygen atoms in total. The highest BCUT2D eigenvalue weighted by atomic mass is 19.1. The molecule has 0 radical (unpaired) electrons. The molecule has 1 aliphatic rings. The van der Waals surface area contributed by atoms with Gasteiger partial charge in [0.25, 0.3) is 17.7 Å². The second-order valence-electron chi connectivity index (χ2n) is 20.0. The average Bonchev–Trinajstić information content (AvgIpc) is 2.35. The predicted octanol–water partition coefficient (Wildman–Crippen LogP) is 5.95. The van der Waals surface area contributed by atoms with Gasteiger partial charge >= 0.3 is 0 Å². The number of carbonyl (C=O) groups excluding carboxylic acids is 3. The summed E-state index contributed by atoms with van der Waals surface area (Å²) in [4.78, 5) is 66.8. The van der Waals surface area contributed by atoms with Crippen molar-refractivity contribution in [3.63, 3.8) is 0 Å². The Balaban J connectivity index is 0.000000168. The van der Waals surface area contributed by atoms with Gasteiger partial charge in [0.1, 0.15) is 59.8 Å². The summed E-state index contributed by atoms with van der Waals surface area (Å²) in [5, 5.41) is 38.2. The number of aliphatic hydroxyl groups excluding tert-OH is 4. The number of aliphatic hydroxyl groups is 4. The number of nitrogens with one attached hydrogen (secondary N) is 3. The fraction of sp³-hybridized carbons (Fsp3) is 0.250. The lowest BCUT2D eigenvalue weighted by Gasteiger charge is -2.11. The van der Waals surface area contributed by atoms with Crippen LogP contribution in [0.1, 0.15) is 94.4 Å². The van der Waals surface area contributed by atoms with Gasteiger partial charge in [0.2, 0.25) is 0 Å². The van der Waals surface area contributed by atoms with Crippen LogP contribution in [0.5, 0.6) is 0 Å². The third-order valence-corrected chi connectivity index (χ3v) is 14.1. The van der Waals surface area contributed by atoms with Crippen molar-refractivity contribution in [3.8, 4) is 37.0 Å². The maximum atomic E-state index is 14.5. The van der Waals surface area contributed by atoms with Crippen LogP contribution in [0, 0.1) is 60.4 Å². The molecule has 6 heterocycles. The zero-order valence-electron chi connectivity index (χ0n) is 47.0. The topological polar surface area (TPSA) is 249 Å². The van der Waals surface area contributed by atoms with Gasteiger partial charge in [0.15, 0.2) is 0 Å². The lowest BCUT2D eigenvalue weighted by atomic mass is 10.0. The zero-order chi connectivity index (χ0) is 61.6. The van der Waals surface area contributed by atoms with Crippen LogP contribution in [0.4, 0.5) is 13.2 Å². The van der Waals surface area contributed by atoms with E-state index in [1.54, 1.807) is 109 Å². The molecule has 0 unspecified atom stereocenters. The van der Waals surface area contributed by atoms with E-state index < -0.39 is 54.7 Å². The van der Waals surface area contributed by atoms with E-state index in [9.17, 15) is 37.8 Å². The highest BCUT2D eigenvalue weighted by molar-refractivity contribution is 6.09. The number of carbonyl (C=O) groups is 3. The molecule has 3 aromatic carbocycles. The van der Waals surface area contributed by atoms with Crippen LogP contribution in [-0.2, 0) is 54.9 Å². The van der Waals surface area contributed by atoms with Gasteiger partial charge in [-0.15, -0.1) is 19.3 Å². The summed E-state index contributed by atoms with van der Waals surface area (Å²) in [6.45, 7) is -1.03. The first-order valence-electron chi connectivity index (χ1n) is 26.9. The molecular formula is C64H60F3N9O10. The number of nitrogens with zero attached hydrogens (tertiary/aromatic N) is 6. The molecule has 7 N–H and O–H groups in total. The summed E-state index contributed by atoms with van der Waals surface area (Å²) >= 11 is 0. The molecule has 0 saturated heterocycles. The minimum Gasteiger partial charge on any atom is -0.394 e. The zero-order valence-corrected chi connectivity index (χ0v) is 47.0. The standard InChI is InChI=1S/C22H20FN3O2.2C21H20FN3O4/c1-3-14-8-9-16(18(23)11-14)12-19-20(22(27)25-28-13-15-6-7-15)17-5-4-10-24-21(17)26(19)2;2*1-3-13-6-7-14(17(22)9-13)10-18-19(21(28)24-29-12-15(27)11-26)16-5-4-8-23-20(16)25(18)2/h1,4-5,8-11,15H,6-7,12-13H2,2H3,(H,25,27);2*1,4-9,15,26-27H,10-12H2,2H3,(H,24,28)/t;2*15-/m.10/s1. The number of aryl methyl sites for hydroxylation is 3. The van der Waals surface area contributed by atoms with Crippen molar-refractivity contribution < 1.29 is 62.5 Å². The first-order valence-corrected chi connectivity index (χ1v) is 26.9. The highest BCUT2D eigenvalue weighted by Crippen LogP contribution is 2.31. The molecule has 86 heavy (non-hydrogen) atoms. The second-order valence-corrected chi connectivity index (χ2v) is 20.0. The number of terminal acetylenes is 3. The van der Waals surface area contributed by atoms with Crippen molar-refractivity contribution >= 4 is 50.8 Å². The number of fused-ring (bicyclic) bond motifs is 3. The van der Waals surface area contributed by atoms with Gasteiger partial charge in [0.05, 0.1) is 36.5 Å². The number of pyridine rings is 3. The molecule has 0 bridgehead atoms. The lowest BCUT2D eigenvalue weighted by Crippen LogP contribution is -2.30. The van der Waals surface area contributed by atoms with E-state index in [0.717, 1.165) is 12.8 Å². The van der Waals surface area contributed by atoms with E-state index in [-0.39, 0.29) is 49.5 Å². The number of amides is 3. The van der Waals surface area contributed by atoms with Crippen LogP contribution in [0.2, 0.25) is 0 Å². The summed E-state index contributed by atoms with van der Waals surface area (Å²) in [7, 11) is 5.30. The minimum atomic E-state index is -1.12. The number of aromatic nitrogens is 6. The molecular weight excluding hydrogens is 1110 g/mol. The Kier molecular flexibility index (Phi) is 20.8. The third kappa shape index (κ3) is 14.6. The van der Waals surface area contributed by atoms with Crippen molar-refractivity contribution in [1.29, 1.82) is 0 Å². The number of halogens is 3. The van der Waals surface area contributed by atoms with Crippen LogP contribution in [-0.4, -0.2) is 112 Å². The number of hydroxylamine groups is 3. The van der Waals surface area contributed by atoms with E-state index >= 15 is 0 Å². The van der Waals surface area contributed by atoms with Crippen molar-refractivity contribution in [3.05, 3.63) is 194 Å². The molecule has 3 amide bonds. The maximum absolute atomic E-state index is 14.5. The average molecular weight is 1170 g/mol. The summed E-state index contributed by atoms with van der Waals surface area (Å²) in [6, 6.07) is 24.1. The Labute approximate surface area is 492 Å². The molecule has 6 aromatic heterocycles. The normalized spacial score (nSPS) is 12.5. The molecule has 1 aliphatic carbocycles. The fourth-order valence-electron chi connectivity index (χ4n) is 9.37. The molecule has 22 heteroatoms. The van der Waals surface area contributed by atoms with Crippen LogP contribution in [0.25, 0.3) is 33.1 Å². The Morgan fingerprint density at radius 2 is 0.860 bits per heavy atom. The molecule has 442 valence electrons. The summed E-state index contributed by atoms with van der Waals surface area (Å²) in [5.74, 6) is 4.91. The largest absolute Gasteiger partial charge is 0.394 e. The molecule has 10 rings (SSSR count). The van der Waals surface area contributed by atoms with Crippen molar-refractivity contribution in [2.45, 2.75) is 44.3 Å². The van der Waals surface area contributed by atoms with Gasteiger partial charge < -0.3 is 34.1 Å². The smallest absolute Gasteiger partial charge is 0.277 e.